The second kappa shape index (κ2) is 3.80. The molecule has 0 radical (unpaired) electrons. The van der Waals surface area contributed by atoms with Gasteiger partial charge in [0.25, 0.3) is 0 Å². The maximum Gasteiger partial charge on any atom is 0.163 e. The van der Waals surface area contributed by atoms with Gasteiger partial charge in [0.1, 0.15) is 17.8 Å². The third-order valence-electron chi connectivity index (χ3n) is 3.48. The third-order valence-corrected chi connectivity index (χ3v) is 3.48. The molecule has 3 N–H and O–H groups in total. The van der Waals surface area contributed by atoms with Gasteiger partial charge >= 0.3 is 0 Å². The van der Waals surface area contributed by atoms with Crippen molar-refractivity contribution in [2.24, 2.45) is 7.05 Å². The number of nitrogens with zero attached hydrogens (tertiary/aromatic N) is 4. The lowest BCUT2D eigenvalue weighted by Crippen LogP contribution is -1.95. The monoisotopic (exact) mass is 264 g/mol. The molecular weight excluding hydrogens is 252 g/mol. The first-order valence-corrected chi connectivity index (χ1v) is 6.25. The van der Waals surface area contributed by atoms with Crippen LogP contribution >= 0.6 is 0 Å². The number of hydrogen-bond donors (Lipinski definition) is 2. The van der Waals surface area contributed by atoms with E-state index >= 15 is 0 Å². The zero-order chi connectivity index (χ0) is 13.7. The lowest BCUT2D eigenvalue weighted by Gasteiger charge is -2.00. The highest BCUT2D eigenvalue weighted by molar-refractivity contribution is 5.99. The number of aromatic nitrogens is 5. The molecule has 3 heterocycles. The number of H-pyrrole nitrogens is 1. The van der Waals surface area contributed by atoms with Crippen LogP contribution in [0.15, 0.2) is 36.8 Å². The van der Waals surface area contributed by atoms with E-state index in [0.29, 0.717) is 5.82 Å². The van der Waals surface area contributed by atoms with Crippen molar-refractivity contribution in [1.82, 2.24) is 24.7 Å². The highest BCUT2D eigenvalue weighted by Gasteiger charge is 2.15. The molecule has 0 aliphatic carbocycles. The summed E-state index contributed by atoms with van der Waals surface area (Å²) in [4.78, 5) is 11.5. The molecule has 4 rings (SSSR count). The smallest absolute Gasteiger partial charge is 0.163 e. The molecule has 0 fully saturated rings. The zero-order valence-corrected chi connectivity index (χ0v) is 10.8. The van der Waals surface area contributed by atoms with Gasteiger partial charge in [0.05, 0.1) is 5.39 Å². The molecule has 0 amide bonds. The van der Waals surface area contributed by atoms with Crippen LogP contribution in [0.4, 0.5) is 5.82 Å². The molecule has 98 valence electrons. The van der Waals surface area contributed by atoms with Gasteiger partial charge in [-0.2, -0.15) is 5.10 Å². The van der Waals surface area contributed by atoms with Crippen molar-refractivity contribution in [2.75, 3.05) is 5.73 Å². The fourth-order valence-corrected chi connectivity index (χ4v) is 2.51. The molecule has 1 aromatic carbocycles. The van der Waals surface area contributed by atoms with Crippen LogP contribution in [0.3, 0.4) is 0 Å². The summed E-state index contributed by atoms with van der Waals surface area (Å²) in [6.07, 6.45) is 3.38. The van der Waals surface area contributed by atoms with Crippen LogP contribution in [0.5, 0.6) is 0 Å². The summed E-state index contributed by atoms with van der Waals surface area (Å²) < 4.78 is 1.73. The molecule has 6 heteroatoms. The predicted octanol–water partition coefficient (Wildman–Crippen LogP) is 2.09. The van der Waals surface area contributed by atoms with Crippen LogP contribution in [0.25, 0.3) is 33.2 Å². The molecule has 0 aliphatic heterocycles. The van der Waals surface area contributed by atoms with Crippen molar-refractivity contribution >= 4 is 27.8 Å². The van der Waals surface area contributed by atoms with E-state index in [2.05, 4.69) is 26.1 Å². The number of aryl methyl sites for hydroxylation is 1. The van der Waals surface area contributed by atoms with Crippen LogP contribution < -0.4 is 5.73 Å². The molecule has 20 heavy (non-hydrogen) atoms. The van der Waals surface area contributed by atoms with Crippen molar-refractivity contribution in [1.29, 1.82) is 0 Å². The molecule has 0 spiro atoms. The average Bonchev–Trinajstić information content (AvgIpc) is 3.04. The summed E-state index contributed by atoms with van der Waals surface area (Å²) in [5, 5.41) is 6.47. The second-order valence-corrected chi connectivity index (χ2v) is 4.71. The maximum absolute atomic E-state index is 5.99. The van der Waals surface area contributed by atoms with E-state index in [1.807, 2.05) is 31.4 Å². The molecular formula is C14H12N6. The fraction of sp³-hybridized carbons (Fsp3) is 0.0714. The minimum atomic E-state index is 0.451. The summed E-state index contributed by atoms with van der Waals surface area (Å²) in [6.45, 7) is 0. The lowest BCUT2D eigenvalue weighted by atomic mass is 10.1. The Morgan fingerprint density at radius 2 is 2.10 bits per heavy atom. The molecule has 0 atom stereocenters. The number of benzene rings is 1. The molecule has 0 unspecified atom stereocenters. The summed E-state index contributed by atoms with van der Waals surface area (Å²) >= 11 is 0. The summed E-state index contributed by atoms with van der Waals surface area (Å²) in [5.41, 5.74) is 9.64. The number of nitrogen functional groups attached to an aromatic ring is 1. The number of rotatable bonds is 1. The fourth-order valence-electron chi connectivity index (χ4n) is 2.51. The summed E-state index contributed by atoms with van der Waals surface area (Å²) in [5.74, 6) is 0.451. The van der Waals surface area contributed by atoms with Crippen molar-refractivity contribution in [2.45, 2.75) is 0 Å². The normalized spacial score (nSPS) is 11.4. The van der Waals surface area contributed by atoms with Crippen molar-refractivity contribution in [3.05, 3.63) is 36.8 Å². The molecule has 3 aromatic heterocycles. The molecule has 4 aromatic rings. The van der Waals surface area contributed by atoms with E-state index in [9.17, 15) is 0 Å². The second-order valence-electron chi connectivity index (χ2n) is 4.71. The van der Waals surface area contributed by atoms with E-state index in [1.165, 1.54) is 6.33 Å². The standard InChI is InChI=1S/C14H12N6/c1-20-14-11(13(15)17-7-18-14)12(19-20)9-2-3-10-8(6-9)4-5-16-10/h2-7,16H,1H3,(H2,15,17,18). The predicted molar refractivity (Wildman–Crippen MR) is 78.0 cm³/mol. The number of nitrogens with two attached hydrogens (primary N) is 1. The van der Waals surface area contributed by atoms with Gasteiger partial charge in [-0.3, -0.25) is 0 Å². The first-order chi connectivity index (χ1) is 9.74. The van der Waals surface area contributed by atoms with Crippen LogP contribution in [0, 0.1) is 0 Å². The van der Waals surface area contributed by atoms with Crippen LogP contribution in [0.2, 0.25) is 0 Å². The number of nitrogens with one attached hydrogen (secondary N) is 1. The third kappa shape index (κ3) is 1.41. The van der Waals surface area contributed by atoms with E-state index in [-0.39, 0.29) is 0 Å². The van der Waals surface area contributed by atoms with Gasteiger partial charge in [0.15, 0.2) is 5.65 Å². The zero-order valence-electron chi connectivity index (χ0n) is 10.8. The highest BCUT2D eigenvalue weighted by atomic mass is 15.3. The Hall–Kier alpha value is -2.89. The Morgan fingerprint density at radius 3 is 3.00 bits per heavy atom. The lowest BCUT2D eigenvalue weighted by molar-refractivity contribution is 0.789. The van der Waals surface area contributed by atoms with E-state index < -0.39 is 0 Å². The van der Waals surface area contributed by atoms with Crippen molar-refractivity contribution < 1.29 is 0 Å². The summed E-state index contributed by atoms with van der Waals surface area (Å²) in [7, 11) is 1.85. The topological polar surface area (TPSA) is 85.4 Å². The average molecular weight is 264 g/mol. The first kappa shape index (κ1) is 11.0. The van der Waals surface area contributed by atoms with E-state index in [4.69, 9.17) is 5.73 Å². The minimum Gasteiger partial charge on any atom is -0.383 e. The van der Waals surface area contributed by atoms with Gasteiger partial charge in [-0.25, -0.2) is 14.6 Å². The molecule has 0 saturated heterocycles. The largest absolute Gasteiger partial charge is 0.383 e. The Labute approximate surface area is 114 Å². The molecule has 0 saturated carbocycles. The number of aromatic amines is 1. The van der Waals surface area contributed by atoms with Crippen LogP contribution in [-0.4, -0.2) is 24.7 Å². The Balaban J connectivity index is 2.06. The number of anilines is 1. The van der Waals surface area contributed by atoms with Gasteiger partial charge in [-0.1, -0.05) is 6.07 Å². The minimum absolute atomic E-state index is 0.451. The van der Waals surface area contributed by atoms with Crippen molar-refractivity contribution in [3.63, 3.8) is 0 Å². The van der Waals surface area contributed by atoms with Gasteiger partial charge in [0.2, 0.25) is 0 Å². The quantitative estimate of drug-likeness (QED) is 0.551. The van der Waals surface area contributed by atoms with Gasteiger partial charge in [-0.15, -0.1) is 0 Å². The van der Waals surface area contributed by atoms with Crippen molar-refractivity contribution in [3.8, 4) is 11.3 Å². The molecule has 6 nitrogen and oxygen atoms in total. The van der Waals surface area contributed by atoms with Gasteiger partial charge < -0.3 is 10.7 Å². The number of hydrogen-bond acceptors (Lipinski definition) is 4. The molecule has 0 bridgehead atoms. The van der Waals surface area contributed by atoms with Gasteiger partial charge in [-0.05, 0) is 18.2 Å². The maximum atomic E-state index is 5.99. The van der Waals surface area contributed by atoms with E-state index in [1.54, 1.807) is 4.68 Å². The number of fused-ring (bicyclic) bond motifs is 2. The Kier molecular flexibility index (Phi) is 2.09. The van der Waals surface area contributed by atoms with Gasteiger partial charge in [0, 0.05) is 29.7 Å². The Morgan fingerprint density at radius 1 is 1.20 bits per heavy atom. The molecule has 0 aliphatic rings. The summed E-state index contributed by atoms with van der Waals surface area (Å²) in [6, 6.07) is 8.17. The van der Waals surface area contributed by atoms with Crippen LogP contribution in [-0.2, 0) is 7.05 Å². The first-order valence-electron chi connectivity index (χ1n) is 6.25. The van der Waals surface area contributed by atoms with E-state index in [0.717, 1.165) is 33.2 Å². The van der Waals surface area contributed by atoms with Crippen LogP contribution in [0.1, 0.15) is 0 Å². The SMILES string of the molecule is Cn1nc(-c2ccc3[nH]ccc3c2)c2c(N)ncnc21. The Bertz CT molecular complexity index is 933. The highest BCUT2D eigenvalue weighted by Crippen LogP contribution is 2.31.